The first-order chi connectivity index (χ1) is 10.1. The highest BCUT2D eigenvalue weighted by atomic mass is 35.5. The van der Waals surface area contributed by atoms with E-state index in [9.17, 15) is 4.79 Å². The zero-order chi connectivity index (χ0) is 15.0. The average Bonchev–Trinajstić information content (AvgIpc) is 2.76. The molecule has 3 heterocycles. The fraction of sp³-hybridized carbons (Fsp3) is 0.133. The van der Waals surface area contributed by atoms with E-state index < -0.39 is 0 Å². The van der Waals surface area contributed by atoms with Crippen molar-refractivity contribution < 1.29 is 4.79 Å². The second-order valence-electron chi connectivity index (χ2n) is 4.74. The number of hydrogen-bond donors (Lipinski definition) is 1. The number of fused-ring (bicyclic) bond motifs is 1. The molecule has 0 aliphatic carbocycles. The van der Waals surface area contributed by atoms with Gasteiger partial charge < -0.3 is 5.32 Å². The van der Waals surface area contributed by atoms with Gasteiger partial charge in [-0.3, -0.25) is 9.20 Å². The lowest BCUT2D eigenvalue weighted by atomic mass is 10.2. The largest absolute Gasteiger partial charge is 0.305 e. The molecule has 0 saturated carbocycles. The molecule has 106 valence electrons. The number of amides is 1. The minimum absolute atomic E-state index is 0.260. The number of carbonyl (C=O) groups excluding carboxylic acids is 1. The van der Waals surface area contributed by atoms with Crippen molar-refractivity contribution in [3.8, 4) is 0 Å². The van der Waals surface area contributed by atoms with E-state index in [1.165, 1.54) is 0 Å². The fourth-order valence-electron chi connectivity index (χ4n) is 2.19. The third-order valence-corrected chi connectivity index (χ3v) is 3.44. The van der Waals surface area contributed by atoms with E-state index in [0.717, 1.165) is 5.56 Å². The van der Waals surface area contributed by atoms with Crippen molar-refractivity contribution in [1.29, 1.82) is 0 Å². The Bertz CT molecular complexity index is 841. The quantitative estimate of drug-likeness (QED) is 0.790. The molecule has 3 aromatic rings. The Labute approximate surface area is 126 Å². The smallest absolute Gasteiger partial charge is 0.275 e. The van der Waals surface area contributed by atoms with E-state index in [1.807, 2.05) is 19.1 Å². The summed E-state index contributed by atoms with van der Waals surface area (Å²) >= 11 is 6.00. The van der Waals surface area contributed by atoms with E-state index in [-0.39, 0.29) is 5.91 Å². The van der Waals surface area contributed by atoms with Gasteiger partial charge in [0.1, 0.15) is 17.2 Å². The van der Waals surface area contributed by atoms with Gasteiger partial charge in [0.2, 0.25) is 0 Å². The van der Waals surface area contributed by atoms with Crippen molar-refractivity contribution in [2.24, 2.45) is 0 Å². The van der Waals surface area contributed by atoms with Crippen LogP contribution >= 0.6 is 11.6 Å². The van der Waals surface area contributed by atoms with E-state index in [2.05, 4.69) is 15.3 Å². The summed E-state index contributed by atoms with van der Waals surface area (Å²) in [6.45, 7) is 3.68. The molecule has 0 aliphatic heterocycles. The van der Waals surface area contributed by atoms with Crippen LogP contribution in [0.3, 0.4) is 0 Å². The molecule has 0 atom stereocenters. The number of nitrogens with zero attached hydrogens (tertiary/aromatic N) is 3. The molecule has 0 saturated heterocycles. The SMILES string of the molecule is Cc1cccnc1NC(=O)c1c(C)nc2ccc(Cl)cn12. The number of aromatic nitrogens is 3. The van der Waals surface area contributed by atoms with Gasteiger partial charge >= 0.3 is 0 Å². The van der Waals surface area contributed by atoms with E-state index in [0.29, 0.717) is 27.9 Å². The van der Waals surface area contributed by atoms with Gasteiger partial charge in [-0.05, 0) is 37.6 Å². The molecule has 0 aliphatic rings. The van der Waals surface area contributed by atoms with Gasteiger partial charge in [-0.25, -0.2) is 9.97 Å². The topological polar surface area (TPSA) is 59.3 Å². The number of nitrogens with one attached hydrogen (secondary N) is 1. The standard InChI is InChI=1S/C15H13ClN4O/c1-9-4-3-7-17-14(9)19-15(21)13-10(2)18-12-6-5-11(16)8-20(12)13/h3-8H,1-2H3,(H,17,19,21). The molecule has 0 spiro atoms. The fourth-order valence-corrected chi connectivity index (χ4v) is 2.35. The molecule has 6 heteroatoms. The van der Waals surface area contributed by atoms with Crippen LogP contribution in [0.5, 0.6) is 0 Å². The van der Waals surface area contributed by atoms with Crippen molar-refractivity contribution in [2.45, 2.75) is 13.8 Å². The molecule has 21 heavy (non-hydrogen) atoms. The predicted molar refractivity (Wildman–Crippen MR) is 81.9 cm³/mol. The molecule has 1 amide bonds. The van der Waals surface area contributed by atoms with Gasteiger partial charge in [0.15, 0.2) is 0 Å². The van der Waals surface area contributed by atoms with Crippen LogP contribution in [0.2, 0.25) is 5.02 Å². The van der Waals surface area contributed by atoms with Crippen LogP contribution < -0.4 is 5.32 Å². The zero-order valence-electron chi connectivity index (χ0n) is 11.6. The number of halogens is 1. The van der Waals surface area contributed by atoms with Crippen molar-refractivity contribution >= 4 is 29.0 Å². The van der Waals surface area contributed by atoms with E-state index >= 15 is 0 Å². The molecular formula is C15H13ClN4O. The van der Waals surface area contributed by atoms with E-state index in [4.69, 9.17) is 11.6 Å². The first kappa shape index (κ1) is 13.6. The van der Waals surface area contributed by atoms with Crippen LogP contribution in [0.4, 0.5) is 5.82 Å². The summed E-state index contributed by atoms with van der Waals surface area (Å²) in [6, 6.07) is 7.23. The molecule has 0 radical (unpaired) electrons. The summed E-state index contributed by atoms with van der Waals surface area (Å²) in [5.41, 5.74) is 2.68. The number of rotatable bonds is 2. The van der Waals surface area contributed by atoms with Crippen LogP contribution in [0, 0.1) is 13.8 Å². The summed E-state index contributed by atoms with van der Waals surface area (Å²) in [4.78, 5) is 21.0. The van der Waals surface area contributed by atoms with Gasteiger partial charge in [-0.2, -0.15) is 0 Å². The summed E-state index contributed by atoms with van der Waals surface area (Å²) in [6.07, 6.45) is 3.32. The molecule has 0 fully saturated rings. The third kappa shape index (κ3) is 2.48. The van der Waals surface area contributed by atoms with Crippen LogP contribution in [-0.4, -0.2) is 20.3 Å². The maximum Gasteiger partial charge on any atom is 0.275 e. The minimum Gasteiger partial charge on any atom is -0.305 e. The maximum absolute atomic E-state index is 12.5. The number of carbonyl (C=O) groups is 1. The first-order valence-electron chi connectivity index (χ1n) is 6.43. The van der Waals surface area contributed by atoms with Crippen LogP contribution in [0.1, 0.15) is 21.7 Å². The number of pyridine rings is 2. The average molecular weight is 301 g/mol. The van der Waals surface area contributed by atoms with Crippen molar-refractivity contribution in [2.75, 3.05) is 5.32 Å². The molecule has 0 bridgehead atoms. The van der Waals surface area contributed by atoms with Gasteiger partial charge in [-0.1, -0.05) is 17.7 Å². The highest BCUT2D eigenvalue weighted by Crippen LogP contribution is 2.18. The molecule has 5 nitrogen and oxygen atoms in total. The number of imidazole rings is 1. The molecule has 1 N–H and O–H groups in total. The highest BCUT2D eigenvalue weighted by molar-refractivity contribution is 6.30. The van der Waals surface area contributed by atoms with Crippen molar-refractivity contribution in [1.82, 2.24) is 14.4 Å². The number of anilines is 1. The van der Waals surface area contributed by atoms with Crippen LogP contribution in [0.15, 0.2) is 36.7 Å². The van der Waals surface area contributed by atoms with Crippen LogP contribution in [-0.2, 0) is 0 Å². The Morgan fingerprint density at radius 2 is 2.10 bits per heavy atom. The second-order valence-corrected chi connectivity index (χ2v) is 5.18. The second kappa shape index (κ2) is 5.18. The maximum atomic E-state index is 12.5. The van der Waals surface area contributed by atoms with Crippen molar-refractivity contribution in [3.05, 3.63) is 58.6 Å². The molecule has 3 rings (SSSR count). The first-order valence-corrected chi connectivity index (χ1v) is 6.81. The molecular weight excluding hydrogens is 288 g/mol. The summed E-state index contributed by atoms with van der Waals surface area (Å²) in [5.74, 6) is 0.281. The number of aryl methyl sites for hydroxylation is 2. The Kier molecular flexibility index (Phi) is 3.35. The lowest BCUT2D eigenvalue weighted by Gasteiger charge is -2.07. The zero-order valence-corrected chi connectivity index (χ0v) is 12.3. The van der Waals surface area contributed by atoms with Gasteiger partial charge in [0.25, 0.3) is 5.91 Å². The Morgan fingerprint density at radius 1 is 1.29 bits per heavy atom. The lowest BCUT2D eigenvalue weighted by molar-refractivity contribution is 0.102. The number of hydrogen-bond acceptors (Lipinski definition) is 3. The van der Waals surface area contributed by atoms with Gasteiger partial charge in [0, 0.05) is 12.4 Å². The van der Waals surface area contributed by atoms with Crippen LogP contribution in [0.25, 0.3) is 5.65 Å². The predicted octanol–water partition coefficient (Wildman–Crippen LogP) is 3.25. The molecule has 3 aromatic heterocycles. The summed E-state index contributed by atoms with van der Waals surface area (Å²) in [7, 11) is 0. The minimum atomic E-state index is -0.260. The highest BCUT2D eigenvalue weighted by Gasteiger charge is 2.17. The van der Waals surface area contributed by atoms with Gasteiger partial charge in [-0.15, -0.1) is 0 Å². The third-order valence-electron chi connectivity index (χ3n) is 3.21. The Morgan fingerprint density at radius 3 is 2.86 bits per heavy atom. The van der Waals surface area contributed by atoms with E-state index in [1.54, 1.807) is 35.9 Å². The summed E-state index contributed by atoms with van der Waals surface area (Å²) < 4.78 is 1.69. The van der Waals surface area contributed by atoms with Crippen molar-refractivity contribution in [3.63, 3.8) is 0 Å². The summed E-state index contributed by atoms with van der Waals surface area (Å²) in [5, 5.41) is 3.36. The Hall–Kier alpha value is -2.40. The monoisotopic (exact) mass is 300 g/mol. The molecule has 0 aromatic carbocycles. The molecule has 0 unspecified atom stereocenters. The lowest BCUT2D eigenvalue weighted by Crippen LogP contribution is -2.17. The normalized spacial score (nSPS) is 10.8. The van der Waals surface area contributed by atoms with Gasteiger partial charge in [0.05, 0.1) is 10.7 Å². The Balaban J connectivity index is 2.04.